The number of nitrogens with two attached hydrogens (primary N) is 1. The van der Waals surface area contributed by atoms with E-state index in [1.54, 1.807) is 0 Å². The molecule has 0 saturated carbocycles. The first-order valence-electron chi connectivity index (χ1n) is 5.07. The molecule has 76 valence electrons. The molecular weight excluding hydrogens is 160 g/mol. The van der Waals surface area contributed by atoms with E-state index < -0.39 is 0 Å². The van der Waals surface area contributed by atoms with E-state index in [0.717, 1.165) is 25.9 Å². The molecule has 13 heavy (non-hydrogen) atoms. The maximum absolute atomic E-state index is 5.84. The molecule has 0 bridgehead atoms. The summed E-state index contributed by atoms with van der Waals surface area (Å²) in [7, 11) is 0. The van der Waals surface area contributed by atoms with Gasteiger partial charge in [-0.15, -0.1) is 0 Å². The normalized spacial score (nSPS) is 23.7. The second kappa shape index (κ2) is 3.70. The van der Waals surface area contributed by atoms with Crippen molar-refractivity contribution >= 4 is 0 Å². The summed E-state index contributed by atoms with van der Waals surface area (Å²) in [6, 6.07) is 0.358. The highest BCUT2D eigenvalue weighted by atomic mass is 15.2. The maximum atomic E-state index is 5.84. The Morgan fingerprint density at radius 1 is 1.54 bits per heavy atom. The fraction of sp³-hybridized carbons (Fsp3) is 0.818. The average molecular weight is 182 g/mol. The van der Waals surface area contributed by atoms with Crippen LogP contribution in [-0.2, 0) is 0 Å². The maximum Gasteiger partial charge on any atom is 0.0327 e. The molecule has 1 saturated heterocycles. The molecule has 0 spiro atoms. The van der Waals surface area contributed by atoms with E-state index in [0.29, 0.717) is 11.5 Å². The summed E-state index contributed by atoms with van der Waals surface area (Å²) >= 11 is 0. The molecule has 0 aliphatic carbocycles. The van der Waals surface area contributed by atoms with Crippen LogP contribution in [0.5, 0.6) is 0 Å². The molecule has 0 aromatic rings. The second-order valence-electron chi connectivity index (χ2n) is 5.30. The highest BCUT2D eigenvalue weighted by molar-refractivity contribution is 5.01. The van der Waals surface area contributed by atoms with Crippen LogP contribution >= 0.6 is 0 Å². The second-order valence-corrected chi connectivity index (χ2v) is 5.30. The molecule has 1 fully saturated rings. The Hall–Kier alpha value is -0.500. The van der Waals surface area contributed by atoms with Crippen molar-refractivity contribution in [2.75, 3.05) is 13.1 Å². The van der Waals surface area contributed by atoms with Crippen molar-refractivity contribution in [3.63, 3.8) is 0 Å². The first kappa shape index (κ1) is 10.6. The number of hydrogen-bond acceptors (Lipinski definition) is 2. The van der Waals surface area contributed by atoms with Crippen molar-refractivity contribution < 1.29 is 0 Å². The van der Waals surface area contributed by atoms with Gasteiger partial charge in [-0.1, -0.05) is 27.4 Å². The minimum Gasteiger partial charge on any atom is -0.374 e. The zero-order valence-corrected chi connectivity index (χ0v) is 9.14. The summed E-state index contributed by atoms with van der Waals surface area (Å²) in [6.45, 7) is 12.9. The van der Waals surface area contributed by atoms with E-state index in [9.17, 15) is 0 Å². The molecule has 1 aliphatic rings. The summed E-state index contributed by atoms with van der Waals surface area (Å²) in [6.07, 6.45) is 2.18. The SMILES string of the molecule is C=C(CC(C)(C)C)N1CCC(N)C1. The third-order valence-electron chi connectivity index (χ3n) is 2.41. The topological polar surface area (TPSA) is 29.3 Å². The minimum atomic E-state index is 0.337. The van der Waals surface area contributed by atoms with Gasteiger partial charge >= 0.3 is 0 Å². The Kier molecular flexibility index (Phi) is 3.01. The molecule has 1 rings (SSSR count). The van der Waals surface area contributed by atoms with Crippen molar-refractivity contribution in [2.24, 2.45) is 11.1 Å². The van der Waals surface area contributed by atoms with Crippen LogP contribution in [0.25, 0.3) is 0 Å². The quantitative estimate of drug-likeness (QED) is 0.707. The Morgan fingerprint density at radius 3 is 2.54 bits per heavy atom. The number of likely N-dealkylation sites (tertiary alicyclic amines) is 1. The van der Waals surface area contributed by atoms with Crippen molar-refractivity contribution in [3.05, 3.63) is 12.3 Å². The molecule has 1 unspecified atom stereocenters. The summed E-state index contributed by atoms with van der Waals surface area (Å²) in [5.41, 5.74) is 7.43. The number of nitrogens with zero attached hydrogens (tertiary/aromatic N) is 1. The molecule has 0 radical (unpaired) electrons. The van der Waals surface area contributed by atoms with Crippen LogP contribution < -0.4 is 5.73 Å². The molecule has 0 aromatic carbocycles. The van der Waals surface area contributed by atoms with Crippen LogP contribution in [0.2, 0.25) is 0 Å². The first-order chi connectivity index (χ1) is 5.88. The van der Waals surface area contributed by atoms with E-state index in [4.69, 9.17) is 5.73 Å². The molecule has 2 heteroatoms. The molecule has 1 atom stereocenters. The van der Waals surface area contributed by atoms with Crippen LogP contribution in [-0.4, -0.2) is 24.0 Å². The Morgan fingerprint density at radius 2 is 2.15 bits per heavy atom. The van der Waals surface area contributed by atoms with Crippen LogP contribution in [0.15, 0.2) is 12.3 Å². The molecular formula is C11H22N2. The van der Waals surface area contributed by atoms with Gasteiger partial charge in [0.25, 0.3) is 0 Å². The highest BCUT2D eigenvalue weighted by Crippen LogP contribution is 2.26. The zero-order valence-electron chi connectivity index (χ0n) is 9.14. The number of rotatable bonds is 2. The zero-order chi connectivity index (χ0) is 10.1. The van der Waals surface area contributed by atoms with Crippen LogP contribution in [0.4, 0.5) is 0 Å². The average Bonchev–Trinajstić information content (AvgIpc) is 2.31. The van der Waals surface area contributed by atoms with Gasteiger partial charge in [0.2, 0.25) is 0 Å². The van der Waals surface area contributed by atoms with Gasteiger partial charge in [0.15, 0.2) is 0 Å². The summed E-state index contributed by atoms with van der Waals surface area (Å²) in [5.74, 6) is 0. The van der Waals surface area contributed by atoms with Crippen molar-refractivity contribution in [2.45, 2.75) is 39.7 Å². The van der Waals surface area contributed by atoms with Gasteiger partial charge in [0, 0.05) is 24.8 Å². The summed E-state index contributed by atoms with van der Waals surface area (Å²) in [5, 5.41) is 0. The number of allylic oxidation sites excluding steroid dienone is 1. The Bertz CT molecular complexity index is 191. The lowest BCUT2D eigenvalue weighted by atomic mass is 9.90. The van der Waals surface area contributed by atoms with Crippen LogP contribution in [0, 0.1) is 5.41 Å². The standard InChI is InChI=1S/C11H22N2/c1-9(7-11(2,3)4)13-6-5-10(12)8-13/h10H,1,5-8,12H2,2-4H3. The molecule has 2 N–H and O–H groups in total. The lowest BCUT2D eigenvalue weighted by Crippen LogP contribution is -2.27. The Balaban J connectivity index is 2.41. The molecule has 1 aliphatic heterocycles. The Labute approximate surface area is 81.8 Å². The van der Waals surface area contributed by atoms with Gasteiger partial charge in [-0.2, -0.15) is 0 Å². The van der Waals surface area contributed by atoms with E-state index in [2.05, 4.69) is 32.3 Å². The van der Waals surface area contributed by atoms with Gasteiger partial charge in [0.1, 0.15) is 0 Å². The third-order valence-corrected chi connectivity index (χ3v) is 2.41. The lowest BCUT2D eigenvalue weighted by Gasteiger charge is -2.27. The van der Waals surface area contributed by atoms with Crippen molar-refractivity contribution in [3.8, 4) is 0 Å². The predicted molar refractivity (Wildman–Crippen MR) is 57.4 cm³/mol. The van der Waals surface area contributed by atoms with Gasteiger partial charge in [-0.3, -0.25) is 0 Å². The smallest absolute Gasteiger partial charge is 0.0327 e. The van der Waals surface area contributed by atoms with Crippen LogP contribution in [0.3, 0.4) is 0 Å². The van der Waals surface area contributed by atoms with Gasteiger partial charge in [-0.05, 0) is 18.3 Å². The van der Waals surface area contributed by atoms with E-state index in [-0.39, 0.29) is 0 Å². The fourth-order valence-corrected chi connectivity index (χ4v) is 1.80. The minimum absolute atomic E-state index is 0.337. The molecule has 0 amide bonds. The predicted octanol–water partition coefficient (Wildman–Crippen LogP) is 1.97. The van der Waals surface area contributed by atoms with Crippen molar-refractivity contribution in [1.82, 2.24) is 4.90 Å². The summed E-state index contributed by atoms with van der Waals surface area (Å²) < 4.78 is 0. The van der Waals surface area contributed by atoms with E-state index >= 15 is 0 Å². The van der Waals surface area contributed by atoms with Gasteiger partial charge in [0.05, 0.1) is 0 Å². The highest BCUT2D eigenvalue weighted by Gasteiger charge is 2.22. The van der Waals surface area contributed by atoms with E-state index in [1.807, 2.05) is 0 Å². The van der Waals surface area contributed by atoms with Gasteiger partial charge < -0.3 is 10.6 Å². The fourth-order valence-electron chi connectivity index (χ4n) is 1.80. The molecule has 0 aromatic heterocycles. The third kappa shape index (κ3) is 3.39. The van der Waals surface area contributed by atoms with Crippen LogP contribution in [0.1, 0.15) is 33.6 Å². The molecule has 1 heterocycles. The van der Waals surface area contributed by atoms with E-state index in [1.165, 1.54) is 5.70 Å². The summed E-state index contributed by atoms with van der Waals surface area (Å²) in [4.78, 5) is 2.33. The monoisotopic (exact) mass is 182 g/mol. The first-order valence-corrected chi connectivity index (χ1v) is 5.07. The lowest BCUT2D eigenvalue weighted by molar-refractivity contribution is 0.327. The number of hydrogen-bond donors (Lipinski definition) is 1. The van der Waals surface area contributed by atoms with Crippen molar-refractivity contribution in [1.29, 1.82) is 0 Å². The van der Waals surface area contributed by atoms with Gasteiger partial charge in [-0.25, -0.2) is 0 Å². The molecule has 2 nitrogen and oxygen atoms in total. The largest absolute Gasteiger partial charge is 0.374 e.